The van der Waals surface area contributed by atoms with Crippen LogP contribution in [0.4, 0.5) is 0 Å². The zero-order valence-electron chi connectivity index (χ0n) is 13.4. The first kappa shape index (κ1) is 16.0. The van der Waals surface area contributed by atoms with E-state index in [1.807, 2.05) is 67.7 Å². The first-order valence-electron chi connectivity index (χ1n) is 7.75. The third kappa shape index (κ3) is 3.70. The summed E-state index contributed by atoms with van der Waals surface area (Å²) in [5.41, 5.74) is 3.74. The average Bonchev–Trinajstić information content (AvgIpc) is 3.06. The number of rotatable bonds is 6. The van der Waals surface area contributed by atoms with Gasteiger partial charge in [-0.2, -0.15) is 5.10 Å². The predicted octanol–water partition coefficient (Wildman–Crippen LogP) is 3.10. The van der Waals surface area contributed by atoms with Gasteiger partial charge in [-0.25, -0.2) is 4.68 Å². The lowest BCUT2D eigenvalue weighted by Gasteiger charge is -2.14. The zero-order valence-corrected chi connectivity index (χ0v) is 13.4. The van der Waals surface area contributed by atoms with Crippen LogP contribution in [-0.2, 0) is 11.3 Å². The van der Waals surface area contributed by atoms with E-state index in [-0.39, 0.29) is 0 Å². The molecule has 0 spiro atoms. The Morgan fingerprint density at radius 3 is 2.54 bits per heavy atom. The highest BCUT2D eigenvalue weighted by Crippen LogP contribution is 2.15. The largest absolute Gasteiger partial charge is 0.480 e. The minimum absolute atomic E-state index is 0.428. The minimum Gasteiger partial charge on any atom is -0.480 e. The third-order valence-corrected chi connectivity index (χ3v) is 3.82. The lowest BCUT2D eigenvalue weighted by atomic mass is 10.1. The molecule has 1 heterocycles. The maximum Gasteiger partial charge on any atom is 0.325 e. The molecule has 24 heavy (non-hydrogen) atoms. The molecule has 0 fully saturated rings. The standard InChI is InChI=1S/C19H19N3O2/c1-14-7-9-16(10-8-14)18(19(23)24)20-11-15-12-21-22(13-15)17-5-3-2-4-6-17/h2-10,12-13,18,20H,11H2,1H3,(H,23,24)/t18-/m1/s1. The summed E-state index contributed by atoms with van der Waals surface area (Å²) >= 11 is 0. The lowest BCUT2D eigenvalue weighted by Crippen LogP contribution is -2.28. The number of benzene rings is 2. The first-order valence-corrected chi connectivity index (χ1v) is 7.75. The molecule has 2 aromatic carbocycles. The molecule has 5 nitrogen and oxygen atoms in total. The Labute approximate surface area is 140 Å². The second-order valence-corrected chi connectivity index (χ2v) is 5.69. The van der Waals surface area contributed by atoms with Crippen LogP contribution in [0.25, 0.3) is 5.69 Å². The summed E-state index contributed by atoms with van der Waals surface area (Å²) in [6.45, 7) is 2.41. The van der Waals surface area contributed by atoms with Gasteiger partial charge in [-0.1, -0.05) is 48.0 Å². The van der Waals surface area contributed by atoms with E-state index in [4.69, 9.17) is 0 Å². The van der Waals surface area contributed by atoms with E-state index in [0.29, 0.717) is 6.54 Å². The van der Waals surface area contributed by atoms with Crippen molar-refractivity contribution in [2.24, 2.45) is 0 Å². The number of nitrogens with one attached hydrogen (secondary N) is 1. The predicted molar refractivity (Wildman–Crippen MR) is 92.0 cm³/mol. The zero-order chi connectivity index (χ0) is 16.9. The molecule has 0 saturated carbocycles. The van der Waals surface area contributed by atoms with Crippen LogP contribution >= 0.6 is 0 Å². The number of hydrogen-bond acceptors (Lipinski definition) is 3. The van der Waals surface area contributed by atoms with Crippen molar-refractivity contribution in [2.75, 3.05) is 0 Å². The van der Waals surface area contributed by atoms with Crippen LogP contribution in [0.5, 0.6) is 0 Å². The Balaban J connectivity index is 1.70. The quantitative estimate of drug-likeness (QED) is 0.732. The van der Waals surface area contributed by atoms with Gasteiger partial charge < -0.3 is 5.11 Å². The number of carboxylic acids is 1. The van der Waals surface area contributed by atoms with Crippen LogP contribution in [0.15, 0.2) is 67.0 Å². The maximum atomic E-state index is 11.5. The fraction of sp³-hybridized carbons (Fsp3) is 0.158. The highest BCUT2D eigenvalue weighted by molar-refractivity contribution is 5.75. The van der Waals surface area contributed by atoms with Crippen molar-refractivity contribution in [3.05, 3.63) is 83.7 Å². The summed E-state index contributed by atoms with van der Waals surface area (Å²) in [6, 6.07) is 16.6. The number of carboxylic acid groups (broad SMARTS) is 1. The van der Waals surface area contributed by atoms with Crippen molar-refractivity contribution >= 4 is 5.97 Å². The maximum absolute atomic E-state index is 11.5. The van der Waals surface area contributed by atoms with Crippen molar-refractivity contribution in [1.82, 2.24) is 15.1 Å². The summed E-state index contributed by atoms with van der Waals surface area (Å²) < 4.78 is 1.78. The number of aryl methyl sites for hydroxylation is 1. The molecule has 0 bridgehead atoms. The van der Waals surface area contributed by atoms with Crippen molar-refractivity contribution in [3.8, 4) is 5.69 Å². The summed E-state index contributed by atoms with van der Waals surface area (Å²) in [5, 5.41) is 16.9. The van der Waals surface area contributed by atoms with Gasteiger partial charge in [-0.05, 0) is 24.6 Å². The van der Waals surface area contributed by atoms with Crippen LogP contribution in [0.1, 0.15) is 22.7 Å². The van der Waals surface area contributed by atoms with Crippen LogP contribution < -0.4 is 5.32 Å². The molecule has 5 heteroatoms. The van der Waals surface area contributed by atoms with Crippen molar-refractivity contribution < 1.29 is 9.90 Å². The Hall–Kier alpha value is -2.92. The summed E-state index contributed by atoms with van der Waals surface area (Å²) in [5.74, 6) is -0.894. The minimum atomic E-state index is -0.894. The Bertz CT molecular complexity index is 810. The van der Waals surface area contributed by atoms with Gasteiger partial charge in [-0.3, -0.25) is 10.1 Å². The molecule has 3 rings (SSSR count). The highest BCUT2D eigenvalue weighted by atomic mass is 16.4. The number of aromatic nitrogens is 2. The number of carbonyl (C=O) groups is 1. The molecular formula is C19H19N3O2. The molecule has 0 aliphatic heterocycles. The smallest absolute Gasteiger partial charge is 0.325 e. The first-order chi connectivity index (χ1) is 11.6. The number of hydrogen-bond donors (Lipinski definition) is 2. The molecule has 122 valence electrons. The molecule has 0 amide bonds. The van der Waals surface area contributed by atoms with E-state index in [9.17, 15) is 9.90 Å². The molecule has 1 aromatic heterocycles. The second kappa shape index (κ2) is 7.10. The van der Waals surface area contributed by atoms with Crippen molar-refractivity contribution in [1.29, 1.82) is 0 Å². The molecule has 1 atom stereocenters. The van der Waals surface area contributed by atoms with E-state index in [1.165, 1.54) is 0 Å². The molecule has 0 radical (unpaired) electrons. The topological polar surface area (TPSA) is 67.2 Å². The van der Waals surface area contributed by atoms with Crippen LogP contribution in [0.2, 0.25) is 0 Å². The van der Waals surface area contributed by atoms with Crippen LogP contribution in [0, 0.1) is 6.92 Å². The van der Waals surface area contributed by atoms with Gasteiger partial charge in [0.05, 0.1) is 11.9 Å². The Kier molecular flexibility index (Phi) is 4.72. The molecule has 2 N–H and O–H groups in total. The SMILES string of the molecule is Cc1ccc([C@@H](NCc2cnn(-c3ccccc3)c2)C(=O)O)cc1. The number of aliphatic carboxylic acids is 1. The number of nitrogens with zero attached hydrogens (tertiary/aromatic N) is 2. The van der Waals surface area contributed by atoms with Gasteiger partial charge in [-0.15, -0.1) is 0 Å². The fourth-order valence-electron chi connectivity index (χ4n) is 2.50. The van der Waals surface area contributed by atoms with Gasteiger partial charge in [0.25, 0.3) is 0 Å². The monoisotopic (exact) mass is 321 g/mol. The van der Waals surface area contributed by atoms with Crippen LogP contribution in [0.3, 0.4) is 0 Å². The third-order valence-electron chi connectivity index (χ3n) is 3.82. The normalized spacial score (nSPS) is 12.0. The second-order valence-electron chi connectivity index (χ2n) is 5.69. The molecule has 0 saturated heterocycles. The summed E-state index contributed by atoms with van der Waals surface area (Å²) in [4.78, 5) is 11.5. The van der Waals surface area contributed by atoms with E-state index in [2.05, 4.69) is 10.4 Å². The summed E-state index contributed by atoms with van der Waals surface area (Å²) in [7, 11) is 0. The molecule has 0 aliphatic carbocycles. The van der Waals surface area contributed by atoms with Crippen LogP contribution in [-0.4, -0.2) is 20.9 Å². The van der Waals surface area contributed by atoms with E-state index in [0.717, 1.165) is 22.4 Å². The fourth-order valence-corrected chi connectivity index (χ4v) is 2.50. The molecular weight excluding hydrogens is 302 g/mol. The Morgan fingerprint density at radius 1 is 1.17 bits per heavy atom. The molecule has 0 aliphatic rings. The van der Waals surface area contributed by atoms with Gasteiger partial charge in [0.2, 0.25) is 0 Å². The van der Waals surface area contributed by atoms with Gasteiger partial charge >= 0.3 is 5.97 Å². The van der Waals surface area contributed by atoms with E-state index < -0.39 is 12.0 Å². The van der Waals surface area contributed by atoms with Gasteiger partial charge in [0.1, 0.15) is 6.04 Å². The number of para-hydroxylation sites is 1. The Morgan fingerprint density at radius 2 is 1.88 bits per heavy atom. The van der Waals surface area contributed by atoms with Gasteiger partial charge in [0.15, 0.2) is 0 Å². The highest BCUT2D eigenvalue weighted by Gasteiger charge is 2.19. The van der Waals surface area contributed by atoms with Gasteiger partial charge in [0, 0.05) is 18.3 Å². The average molecular weight is 321 g/mol. The molecule has 0 unspecified atom stereocenters. The van der Waals surface area contributed by atoms with E-state index >= 15 is 0 Å². The lowest BCUT2D eigenvalue weighted by molar-refractivity contribution is -0.139. The summed E-state index contributed by atoms with van der Waals surface area (Å²) in [6.07, 6.45) is 3.64. The van der Waals surface area contributed by atoms with E-state index in [1.54, 1.807) is 10.9 Å². The molecule has 3 aromatic rings. The van der Waals surface area contributed by atoms with Crippen molar-refractivity contribution in [3.63, 3.8) is 0 Å². The van der Waals surface area contributed by atoms with Crippen molar-refractivity contribution in [2.45, 2.75) is 19.5 Å².